The first-order chi connectivity index (χ1) is 7.33. The molecule has 1 aromatic heterocycles. The quantitative estimate of drug-likeness (QED) is 0.764. The molecule has 0 radical (unpaired) electrons. The Morgan fingerprint density at radius 1 is 1.62 bits per heavy atom. The number of carboxylic acid groups (broad SMARTS) is 1. The molecule has 1 heterocycles. The summed E-state index contributed by atoms with van der Waals surface area (Å²) in [6, 6.07) is 0. The van der Waals surface area contributed by atoms with Gasteiger partial charge in [0.15, 0.2) is 0 Å². The second-order valence-electron chi connectivity index (χ2n) is 3.94. The van der Waals surface area contributed by atoms with E-state index >= 15 is 0 Å². The van der Waals surface area contributed by atoms with Crippen molar-refractivity contribution in [2.45, 2.75) is 38.0 Å². The minimum Gasteiger partial charge on any atom is -0.480 e. The molecule has 90 valence electrons. The number of oxazole rings is 1. The van der Waals surface area contributed by atoms with Crippen LogP contribution in [0.3, 0.4) is 0 Å². The molecule has 0 spiro atoms. The van der Waals surface area contributed by atoms with Crippen molar-refractivity contribution in [1.82, 2.24) is 4.98 Å². The number of nitrogens with two attached hydrogens (primary N) is 1. The van der Waals surface area contributed by atoms with E-state index in [0.717, 1.165) is 11.5 Å². The van der Waals surface area contributed by atoms with Gasteiger partial charge in [0.05, 0.1) is 5.69 Å². The predicted molar refractivity (Wildman–Crippen MR) is 61.5 cm³/mol. The van der Waals surface area contributed by atoms with Crippen LogP contribution in [0.4, 0.5) is 0 Å². The third-order valence-electron chi connectivity index (χ3n) is 2.34. The molecule has 0 fully saturated rings. The van der Waals surface area contributed by atoms with Crippen LogP contribution >= 0.6 is 11.8 Å². The molecule has 0 aromatic carbocycles. The molecule has 0 saturated heterocycles. The van der Waals surface area contributed by atoms with Crippen molar-refractivity contribution >= 4 is 17.7 Å². The summed E-state index contributed by atoms with van der Waals surface area (Å²) in [5.74, 6) is 0.364. The van der Waals surface area contributed by atoms with Crippen molar-refractivity contribution in [2.75, 3.05) is 5.75 Å². The molecule has 1 aromatic rings. The number of hydrogen-bond donors (Lipinski definition) is 2. The van der Waals surface area contributed by atoms with Crippen molar-refractivity contribution in [3.63, 3.8) is 0 Å². The van der Waals surface area contributed by atoms with Gasteiger partial charge in [-0.3, -0.25) is 4.79 Å². The second kappa shape index (κ2) is 4.88. The van der Waals surface area contributed by atoms with Gasteiger partial charge in [-0.15, -0.1) is 0 Å². The summed E-state index contributed by atoms with van der Waals surface area (Å²) in [6.07, 6.45) is 0.369. The molecule has 1 unspecified atom stereocenters. The van der Waals surface area contributed by atoms with E-state index in [4.69, 9.17) is 15.3 Å². The largest absolute Gasteiger partial charge is 0.480 e. The summed E-state index contributed by atoms with van der Waals surface area (Å²) in [5.41, 5.74) is 5.26. The molecule has 1 rings (SSSR count). The van der Waals surface area contributed by atoms with Crippen molar-refractivity contribution in [1.29, 1.82) is 0 Å². The number of carboxylic acids is 1. The third-order valence-corrected chi connectivity index (χ3v) is 3.17. The van der Waals surface area contributed by atoms with E-state index in [0.29, 0.717) is 17.4 Å². The zero-order valence-electron chi connectivity index (χ0n) is 9.61. The normalized spacial score (nSPS) is 14.8. The highest BCUT2D eigenvalue weighted by molar-refractivity contribution is 7.99. The van der Waals surface area contributed by atoms with Gasteiger partial charge >= 0.3 is 5.97 Å². The lowest BCUT2D eigenvalue weighted by molar-refractivity contribution is -0.142. The van der Waals surface area contributed by atoms with Crippen molar-refractivity contribution in [3.8, 4) is 0 Å². The summed E-state index contributed by atoms with van der Waals surface area (Å²) < 4.78 is 5.35. The zero-order valence-corrected chi connectivity index (χ0v) is 10.4. The van der Waals surface area contributed by atoms with Crippen LogP contribution in [0.25, 0.3) is 0 Å². The molecule has 6 heteroatoms. The highest BCUT2D eigenvalue weighted by Gasteiger charge is 2.27. The maximum Gasteiger partial charge on any atom is 0.323 e. The molecule has 0 aliphatic carbocycles. The molecular weight excluding hydrogens is 228 g/mol. The van der Waals surface area contributed by atoms with Crippen LogP contribution in [0, 0.1) is 13.8 Å². The fraction of sp³-hybridized carbons (Fsp3) is 0.600. The number of rotatable bonds is 5. The number of aromatic nitrogens is 1. The first-order valence-corrected chi connectivity index (χ1v) is 5.90. The summed E-state index contributed by atoms with van der Waals surface area (Å²) in [4.78, 5) is 14.9. The zero-order chi connectivity index (χ0) is 12.3. The Hall–Kier alpha value is -1.01. The molecule has 0 aliphatic rings. The Balaban J connectivity index is 2.44. The van der Waals surface area contributed by atoms with E-state index in [-0.39, 0.29) is 0 Å². The van der Waals surface area contributed by atoms with Crippen molar-refractivity contribution in [2.24, 2.45) is 5.73 Å². The number of aliphatic carboxylic acids is 1. The number of nitrogens with zero attached hydrogens (tertiary/aromatic N) is 1. The molecule has 0 saturated carbocycles. The van der Waals surface area contributed by atoms with Crippen molar-refractivity contribution in [3.05, 3.63) is 11.5 Å². The standard InChI is InChI=1S/C10H16N2O3S/c1-6-7(2)15-9(12-6)16-5-4-10(3,11)8(13)14/h4-5,11H2,1-3H3,(H,13,14). The van der Waals surface area contributed by atoms with Crippen molar-refractivity contribution < 1.29 is 14.3 Å². The van der Waals surface area contributed by atoms with Crippen LogP contribution in [0.5, 0.6) is 0 Å². The van der Waals surface area contributed by atoms with Crippen LogP contribution in [-0.2, 0) is 4.79 Å². The molecule has 0 aliphatic heterocycles. The Kier molecular flexibility index (Phi) is 3.98. The number of thioether (sulfide) groups is 1. The maximum absolute atomic E-state index is 10.7. The van der Waals surface area contributed by atoms with Gasteiger partial charge in [0.1, 0.15) is 11.3 Å². The monoisotopic (exact) mass is 244 g/mol. The van der Waals surface area contributed by atoms with Crippen LogP contribution in [0.1, 0.15) is 24.8 Å². The van der Waals surface area contributed by atoms with E-state index in [1.807, 2.05) is 13.8 Å². The van der Waals surface area contributed by atoms with Gasteiger partial charge in [-0.05, 0) is 27.2 Å². The summed E-state index contributed by atoms with van der Waals surface area (Å²) >= 11 is 1.38. The average Bonchev–Trinajstić information content (AvgIpc) is 2.45. The lowest BCUT2D eigenvalue weighted by atomic mass is 10.0. The Labute approximate surface area is 98.4 Å². The van der Waals surface area contributed by atoms with E-state index in [2.05, 4.69) is 4.98 Å². The Bertz CT molecular complexity index is 368. The minimum absolute atomic E-state index is 0.369. The molecule has 0 amide bonds. The lowest BCUT2D eigenvalue weighted by Gasteiger charge is -2.17. The second-order valence-corrected chi connectivity index (χ2v) is 4.99. The first kappa shape index (κ1) is 13.1. The van der Waals surface area contributed by atoms with Gasteiger partial charge in [-0.1, -0.05) is 11.8 Å². The van der Waals surface area contributed by atoms with E-state index < -0.39 is 11.5 Å². The van der Waals surface area contributed by atoms with E-state index in [9.17, 15) is 4.79 Å². The Morgan fingerprint density at radius 2 is 2.25 bits per heavy atom. The lowest BCUT2D eigenvalue weighted by Crippen LogP contribution is -2.45. The number of aryl methyl sites for hydroxylation is 2. The fourth-order valence-electron chi connectivity index (χ4n) is 0.962. The van der Waals surface area contributed by atoms with Gasteiger partial charge < -0.3 is 15.3 Å². The predicted octanol–water partition coefficient (Wildman–Crippen LogP) is 1.58. The smallest absolute Gasteiger partial charge is 0.323 e. The molecule has 16 heavy (non-hydrogen) atoms. The van der Waals surface area contributed by atoms with Crippen LogP contribution in [0.15, 0.2) is 9.64 Å². The third kappa shape index (κ3) is 3.24. The number of hydrogen-bond acceptors (Lipinski definition) is 5. The highest BCUT2D eigenvalue weighted by Crippen LogP contribution is 2.22. The van der Waals surface area contributed by atoms with Gasteiger partial charge in [-0.25, -0.2) is 4.98 Å². The highest BCUT2D eigenvalue weighted by atomic mass is 32.2. The summed E-state index contributed by atoms with van der Waals surface area (Å²) in [6.45, 7) is 5.21. The fourth-order valence-corrected chi connectivity index (χ4v) is 2.05. The SMILES string of the molecule is Cc1nc(SCCC(C)(N)C(=O)O)oc1C. The van der Waals surface area contributed by atoms with Crippen LogP contribution in [0.2, 0.25) is 0 Å². The minimum atomic E-state index is -1.19. The van der Waals surface area contributed by atoms with Gasteiger partial charge in [0.2, 0.25) is 0 Å². The molecule has 5 nitrogen and oxygen atoms in total. The molecular formula is C10H16N2O3S. The van der Waals surface area contributed by atoms with E-state index in [1.165, 1.54) is 18.7 Å². The van der Waals surface area contributed by atoms with Gasteiger partial charge in [0.25, 0.3) is 5.22 Å². The molecule has 3 N–H and O–H groups in total. The van der Waals surface area contributed by atoms with Crippen LogP contribution < -0.4 is 5.73 Å². The maximum atomic E-state index is 10.7. The summed E-state index contributed by atoms with van der Waals surface area (Å²) in [5, 5.41) is 9.38. The molecule has 1 atom stereocenters. The van der Waals surface area contributed by atoms with Gasteiger partial charge in [0, 0.05) is 5.75 Å². The summed E-state index contributed by atoms with van der Waals surface area (Å²) in [7, 11) is 0. The van der Waals surface area contributed by atoms with Crippen LogP contribution in [-0.4, -0.2) is 27.4 Å². The Morgan fingerprint density at radius 3 is 2.69 bits per heavy atom. The molecule has 0 bridgehead atoms. The topological polar surface area (TPSA) is 89.3 Å². The first-order valence-electron chi connectivity index (χ1n) is 4.92. The van der Waals surface area contributed by atoms with E-state index in [1.54, 1.807) is 0 Å². The average molecular weight is 244 g/mol. The van der Waals surface area contributed by atoms with Gasteiger partial charge in [-0.2, -0.15) is 0 Å². The number of carbonyl (C=O) groups is 1.